The molecule has 1 aromatic heterocycles. The second kappa shape index (κ2) is 5.11. The summed E-state index contributed by atoms with van der Waals surface area (Å²) in [6, 6.07) is 0. The molecule has 5 N–H and O–H groups in total. The molecule has 0 aliphatic carbocycles. The maximum Gasteiger partial charge on any atom is 0.124 e. The molecule has 6 nitrogen and oxygen atoms in total. The average Bonchev–Trinajstić information content (AvgIpc) is 2.55. The van der Waals surface area contributed by atoms with E-state index in [0.717, 1.165) is 5.56 Å². The Balaban J connectivity index is 2.47. The quantitative estimate of drug-likeness (QED) is 0.498. The predicted molar refractivity (Wildman–Crippen MR) is 55.1 cm³/mol. The molecule has 0 spiro atoms. The standard InChI is InChI=1S/C9H17N3O3/c1-6-4-11-12(9(6)10)3-2-7(14)8(15)5-13/h4,7-8,13-15H,2-3,5,10H2,1H3. The van der Waals surface area contributed by atoms with Crippen molar-refractivity contribution in [2.75, 3.05) is 12.3 Å². The molecule has 0 saturated heterocycles. The zero-order valence-corrected chi connectivity index (χ0v) is 8.67. The summed E-state index contributed by atoms with van der Waals surface area (Å²) in [5.41, 5.74) is 6.59. The molecule has 0 saturated carbocycles. The number of hydrogen-bond donors (Lipinski definition) is 4. The van der Waals surface area contributed by atoms with Crippen molar-refractivity contribution in [3.63, 3.8) is 0 Å². The summed E-state index contributed by atoms with van der Waals surface area (Å²) >= 11 is 0. The fourth-order valence-corrected chi connectivity index (χ4v) is 1.24. The van der Waals surface area contributed by atoms with Crippen molar-refractivity contribution < 1.29 is 15.3 Å². The minimum atomic E-state index is -1.11. The lowest BCUT2D eigenvalue weighted by atomic mass is 10.1. The van der Waals surface area contributed by atoms with Gasteiger partial charge in [0.25, 0.3) is 0 Å². The largest absolute Gasteiger partial charge is 0.394 e. The number of aliphatic hydroxyl groups is 3. The van der Waals surface area contributed by atoms with Crippen LogP contribution < -0.4 is 5.73 Å². The summed E-state index contributed by atoms with van der Waals surface area (Å²) < 4.78 is 1.56. The molecular weight excluding hydrogens is 198 g/mol. The molecule has 0 aliphatic rings. The van der Waals surface area contributed by atoms with Crippen molar-refractivity contribution >= 4 is 5.82 Å². The zero-order valence-electron chi connectivity index (χ0n) is 8.67. The highest BCUT2D eigenvalue weighted by Gasteiger charge is 2.15. The van der Waals surface area contributed by atoms with Crippen LogP contribution in [-0.4, -0.2) is 43.9 Å². The van der Waals surface area contributed by atoms with Crippen LogP contribution in [0.2, 0.25) is 0 Å². The van der Waals surface area contributed by atoms with Crippen molar-refractivity contribution in [2.45, 2.75) is 32.1 Å². The first-order valence-corrected chi connectivity index (χ1v) is 4.81. The van der Waals surface area contributed by atoms with Gasteiger partial charge in [-0.2, -0.15) is 5.10 Å². The van der Waals surface area contributed by atoms with Gasteiger partial charge in [-0.15, -0.1) is 0 Å². The van der Waals surface area contributed by atoms with Crippen LogP contribution in [0.4, 0.5) is 5.82 Å². The SMILES string of the molecule is Cc1cnn(CCC(O)C(O)CO)c1N. The van der Waals surface area contributed by atoms with Crippen LogP contribution in [0.25, 0.3) is 0 Å². The van der Waals surface area contributed by atoms with E-state index in [9.17, 15) is 5.11 Å². The zero-order chi connectivity index (χ0) is 11.4. The van der Waals surface area contributed by atoms with Gasteiger partial charge in [-0.25, -0.2) is 4.68 Å². The first kappa shape index (κ1) is 12.0. The average molecular weight is 215 g/mol. The summed E-state index contributed by atoms with van der Waals surface area (Å²) in [6.07, 6.45) is -0.126. The molecule has 1 heterocycles. The number of anilines is 1. The van der Waals surface area contributed by atoms with Gasteiger partial charge in [0.1, 0.15) is 11.9 Å². The molecule has 6 heteroatoms. The minimum Gasteiger partial charge on any atom is -0.394 e. The number of hydrogen-bond acceptors (Lipinski definition) is 5. The molecule has 86 valence electrons. The fourth-order valence-electron chi connectivity index (χ4n) is 1.24. The van der Waals surface area contributed by atoms with Crippen molar-refractivity contribution in [3.8, 4) is 0 Å². The highest BCUT2D eigenvalue weighted by atomic mass is 16.4. The minimum absolute atomic E-state index is 0.299. The van der Waals surface area contributed by atoms with Crippen LogP contribution in [0.5, 0.6) is 0 Å². The summed E-state index contributed by atoms with van der Waals surface area (Å²) in [5.74, 6) is 0.556. The first-order chi connectivity index (χ1) is 7.06. The Morgan fingerprint density at radius 2 is 2.13 bits per heavy atom. The smallest absolute Gasteiger partial charge is 0.124 e. The van der Waals surface area contributed by atoms with Gasteiger partial charge >= 0.3 is 0 Å². The van der Waals surface area contributed by atoms with E-state index in [1.54, 1.807) is 10.9 Å². The third kappa shape index (κ3) is 2.92. The number of aromatic nitrogens is 2. The Hall–Kier alpha value is -1.11. The van der Waals surface area contributed by atoms with E-state index < -0.39 is 18.8 Å². The Morgan fingerprint density at radius 1 is 1.47 bits per heavy atom. The summed E-state index contributed by atoms with van der Waals surface area (Å²) in [7, 11) is 0. The monoisotopic (exact) mass is 215 g/mol. The molecule has 0 fully saturated rings. The van der Waals surface area contributed by atoms with Crippen LogP contribution in [-0.2, 0) is 6.54 Å². The normalized spacial score (nSPS) is 15.2. The summed E-state index contributed by atoms with van der Waals surface area (Å²) in [5, 5.41) is 31.1. The molecule has 1 rings (SSSR count). The Kier molecular flexibility index (Phi) is 4.07. The van der Waals surface area contributed by atoms with Crippen molar-refractivity contribution in [1.82, 2.24) is 9.78 Å². The Labute approximate surface area is 88.0 Å². The maximum atomic E-state index is 9.38. The molecule has 1 aromatic rings. The van der Waals surface area contributed by atoms with Gasteiger partial charge in [-0.3, -0.25) is 0 Å². The molecule has 0 amide bonds. The summed E-state index contributed by atoms with van der Waals surface area (Å²) in [4.78, 5) is 0. The number of nitrogen functional groups attached to an aromatic ring is 1. The van der Waals surface area contributed by atoms with E-state index in [-0.39, 0.29) is 0 Å². The van der Waals surface area contributed by atoms with Gasteiger partial charge in [0.2, 0.25) is 0 Å². The van der Waals surface area contributed by atoms with E-state index in [4.69, 9.17) is 15.9 Å². The molecular formula is C9H17N3O3. The third-order valence-electron chi connectivity index (χ3n) is 2.34. The van der Waals surface area contributed by atoms with Crippen LogP contribution >= 0.6 is 0 Å². The van der Waals surface area contributed by atoms with Crippen molar-refractivity contribution in [2.24, 2.45) is 0 Å². The van der Waals surface area contributed by atoms with E-state index in [1.807, 2.05) is 6.92 Å². The molecule has 2 atom stereocenters. The highest BCUT2D eigenvalue weighted by molar-refractivity contribution is 5.36. The Morgan fingerprint density at radius 3 is 2.60 bits per heavy atom. The third-order valence-corrected chi connectivity index (χ3v) is 2.34. The van der Waals surface area contributed by atoms with Gasteiger partial charge < -0.3 is 21.1 Å². The fraction of sp³-hybridized carbons (Fsp3) is 0.667. The molecule has 0 radical (unpaired) electrons. The molecule has 2 unspecified atom stereocenters. The van der Waals surface area contributed by atoms with Crippen LogP contribution in [0.15, 0.2) is 6.20 Å². The van der Waals surface area contributed by atoms with E-state index >= 15 is 0 Å². The highest BCUT2D eigenvalue weighted by Crippen LogP contribution is 2.10. The lowest BCUT2D eigenvalue weighted by Crippen LogP contribution is -2.30. The second-order valence-corrected chi connectivity index (χ2v) is 3.54. The van der Waals surface area contributed by atoms with Crippen LogP contribution in [0.1, 0.15) is 12.0 Å². The molecule has 0 bridgehead atoms. The lowest BCUT2D eigenvalue weighted by molar-refractivity contribution is -0.0195. The number of aliphatic hydroxyl groups excluding tert-OH is 3. The van der Waals surface area contributed by atoms with Crippen LogP contribution in [0.3, 0.4) is 0 Å². The molecule has 15 heavy (non-hydrogen) atoms. The van der Waals surface area contributed by atoms with Gasteiger partial charge in [0.05, 0.1) is 18.9 Å². The van der Waals surface area contributed by atoms with Crippen molar-refractivity contribution in [3.05, 3.63) is 11.8 Å². The number of aryl methyl sites for hydroxylation is 2. The number of nitrogens with zero attached hydrogens (tertiary/aromatic N) is 2. The van der Waals surface area contributed by atoms with E-state index in [2.05, 4.69) is 5.10 Å². The number of rotatable bonds is 5. The first-order valence-electron chi connectivity index (χ1n) is 4.81. The topological polar surface area (TPSA) is 105 Å². The second-order valence-electron chi connectivity index (χ2n) is 3.54. The number of nitrogens with two attached hydrogens (primary N) is 1. The van der Waals surface area contributed by atoms with Gasteiger partial charge in [-0.1, -0.05) is 0 Å². The predicted octanol–water partition coefficient (Wildman–Crippen LogP) is -1.12. The van der Waals surface area contributed by atoms with Crippen LogP contribution in [0, 0.1) is 6.92 Å². The van der Waals surface area contributed by atoms with Gasteiger partial charge in [0, 0.05) is 12.1 Å². The maximum absolute atomic E-state index is 9.38. The van der Waals surface area contributed by atoms with Crippen molar-refractivity contribution in [1.29, 1.82) is 0 Å². The Bertz CT molecular complexity index is 314. The van der Waals surface area contributed by atoms with Gasteiger partial charge in [0.15, 0.2) is 0 Å². The van der Waals surface area contributed by atoms with Gasteiger partial charge in [-0.05, 0) is 13.3 Å². The molecule has 0 aromatic carbocycles. The molecule has 0 aliphatic heterocycles. The lowest BCUT2D eigenvalue weighted by Gasteiger charge is -2.15. The van der Waals surface area contributed by atoms with E-state index in [0.29, 0.717) is 18.8 Å². The van der Waals surface area contributed by atoms with E-state index in [1.165, 1.54) is 0 Å². The summed E-state index contributed by atoms with van der Waals surface area (Å²) in [6.45, 7) is 1.81.